The second-order valence-corrected chi connectivity index (χ2v) is 46.9. The van der Waals surface area contributed by atoms with Crippen LogP contribution in [0.1, 0.15) is 231 Å². The van der Waals surface area contributed by atoms with Crippen LogP contribution in [0, 0.1) is 18.2 Å². The molecule has 7 heterocycles. The van der Waals surface area contributed by atoms with E-state index in [0.717, 1.165) is 107 Å². The van der Waals surface area contributed by atoms with Gasteiger partial charge >= 0.3 is 0 Å². The molecular formula is C131H139N10O3Pt3-3. The minimum atomic E-state index is -0.240. The molecule has 0 aliphatic carbocycles. The second-order valence-electron chi connectivity index (χ2n) is 46.9. The molecule has 13 nitrogen and oxygen atoms in total. The fourth-order valence-corrected chi connectivity index (χ4v) is 17.3. The quantitative estimate of drug-likeness (QED) is 0.0740. The number of aromatic nitrogens is 7. The first-order valence-electron chi connectivity index (χ1n) is 50.0. The zero-order chi connectivity index (χ0) is 104. The third kappa shape index (κ3) is 27.6. The van der Waals surface area contributed by atoms with E-state index >= 15 is 0 Å². The van der Waals surface area contributed by atoms with Crippen LogP contribution >= 0.6 is 0 Å². The summed E-state index contributed by atoms with van der Waals surface area (Å²) in [6.07, 6.45) is 9.02. The van der Waals surface area contributed by atoms with Crippen LogP contribution in [-0.2, 0) is 107 Å². The van der Waals surface area contributed by atoms with Crippen molar-refractivity contribution in [3.05, 3.63) is 397 Å². The predicted octanol–water partition coefficient (Wildman–Crippen LogP) is 34.6. The number of hydrogen-bond acceptors (Lipinski definition) is 13. The van der Waals surface area contributed by atoms with Crippen LogP contribution in [0.25, 0.3) is 101 Å². The van der Waals surface area contributed by atoms with Crippen LogP contribution in [0.3, 0.4) is 0 Å². The summed E-state index contributed by atoms with van der Waals surface area (Å²) < 4.78 is 0. The SMILES string of the molecule is CC(C)(C)c1cc(-c2cc(-c3[c-]c(N(c4cc(C(C)(C)C)cc(C(C)(C)C)c4)c4ccccn4)ccc3)nc(-c3ccccc3O)c2)cc(C(C)(C)C)c1.CC(C)(C)c1cc(-c2cc(-c3[c-]c(N(c4ccccc4)c4ccccn4)cnc3)nc(-c3ccccc3O)c2)cc(C(C)(C)C)c1.CC(C)(C)c1cc(-c2cc(-c3[c-]c(N(c4ccccn4)C(C)(C)C)ccc3)nc(-c3ccccc3O)c2)cc(C(C)(C)C)c1.[Pt].[Pt].[Pt]. The Hall–Kier alpha value is -12.9. The van der Waals surface area contributed by atoms with Gasteiger partial charge < -0.3 is 35.0 Å². The number of aromatic hydroxyl groups is 3. The molecule has 0 bridgehead atoms. The van der Waals surface area contributed by atoms with Gasteiger partial charge in [-0.25, -0.2) is 15.0 Å². The summed E-state index contributed by atoms with van der Waals surface area (Å²) in [4.78, 5) is 40.7. The molecule has 0 radical (unpaired) electrons. The first-order valence-corrected chi connectivity index (χ1v) is 50.0. The Balaban J connectivity index is 0.000000195. The topological polar surface area (TPSA) is 161 Å². The fourth-order valence-electron chi connectivity index (χ4n) is 17.3. The molecule has 16 heteroatoms. The Morgan fingerprint density at radius 2 is 0.497 bits per heavy atom. The fraction of sp³-hybridized carbons (Fsp3) is 0.275. The Bertz CT molecular complexity index is 7270. The van der Waals surface area contributed by atoms with Crippen molar-refractivity contribution < 1.29 is 78.5 Å². The summed E-state index contributed by atoms with van der Waals surface area (Å²) in [6.45, 7) is 60.7. The number of pyridine rings is 7. The normalized spacial score (nSPS) is 12.0. The average Bonchev–Trinajstić information content (AvgIpc) is 0.750. The van der Waals surface area contributed by atoms with Crippen molar-refractivity contribution in [2.75, 3.05) is 14.7 Å². The van der Waals surface area contributed by atoms with E-state index in [4.69, 9.17) is 19.9 Å². The second kappa shape index (κ2) is 45.4. The summed E-state index contributed by atoms with van der Waals surface area (Å²) in [5.41, 5.74) is 29.4. The minimum Gasteiger partial charge on any atom is -0.507 e. The van der Waals surface area contributed by atoms with E-state index < -0.39 is 0 Å². The van der Waals surface area contributed by atoms with E-state index in [-0.39, 0.29) is 129 Å². The molecule has 10 aromatic carbocycles. The first kappa shape index (κ1) is 113. The van der Waals surface area contributed by atoms with Gasteiger partial charge in [0.1, 0.15) is 34.7 Å². The van der Waals surface area contributed by atoms with Gasteiger partial charge in [0, 0.05) is 115 Å². The van der Waals surface area contributed by atoms with Crippen LogP contribution in [0.15, 0.2) is 334 Å². The Morgan fingerprint density at radius 1 is 0.224 bits per heavy atom. The molecule has 147 heavy (non-hydrogen) atoms. The van der Waals surface area contributed by atoms with E-state index in [9.17, 15) is 15.3 Å². The van der Waals surface area contributed by atoms with E-state index in [0.29, 0.717) is 39.5 Å². The van der Waals surface area contributed by atoms with Gasteiger partial charge in [-0.1, -0.05) is 324 Å². The van der Waals surface area contributed by atoms with Crippen LogP contribution in [0.2, 0.25) is 0 Å². The van der Waals surface area contributed by atoms with Gasteiger partial charge in [-0.2, -0.15) is 0 Å². The van der Waals surface area contributed by atoms with Gasteiger partial charge in [0.15, 0.2) is 0 Å². The monoisotopic (exact) mass is 2480 g/mol. The zero-order valence-corrected chi connectivity index (χ0v) is 96.8. The predicted molar refractivity (Wildman–Crippen MR) is 602 cm³/mol. The molecule has 0 spiro atoms. The summed E-state index contributed by atoms with van der Waals surface area (Å²) in [5, 5.41) is 32.8. The number of phenolic OH excluding ortho intramolecular Hbond substituents is 3. The third-order valence-corrected chi connectivity index (χ3v) is 26.0. The molecule has 0 saturated heterocycles. The summed E-state index contributed by atoms with van der Waals surface area (Å²) in [5.74, 6) is 3.00. The maximum atomic E-state index is 11.1. The van der Waals surface area contributed by atoms with Crippen molar-refractivity contribution in [1.29, 1.82) is 0 Å². The molecule has 17 aromatic rings. The molecular weight excluding hydrogens is 2350 g/mol. The number of anilines is 8. The molecule has 0 amide bonds. The van der Waals surface area contributed by atoms with E-state index in [1.807, 2.05) is 157 Å². The number of rotatable bonds is 17. The van der Waals surface area contributed by atoms with Crippen molar-refractivity contribution in [3.8, 4) is 118 Å². The Kier molecular flexibility index (Phi) is 34.9. The summed E-state index contributed by atoms with van der Waals surface area (Å²) in [7, 11) is 0. The van der Waals surface area contributed by atoms with E-state index in [1.165, 1.54) is 44.5 Å². The number of benzene rings is 10. The van der Waals surface area contributed by atoms with E-state index in [2.05, 4.69) is 375 Å². The van der Waals surface area contributed by atoms with Crippen molar-refractivity contribution >= 4 is 45.9 Å². The van der Waals surface area contributed by atoms with Crippen LogP contribution < -0.4 is 14.7 Å². The van der Waals surface area contributed by atoms with Crippen molar-refractivity contribution in [2.45, 2.75) is 236 Å². The minimum absolute atomic E-state index is 0. The van der Waals surface area contributed by atoms with Gasteiger partial charge in [0.2, 0.25) is 0 Å². The third-order valence-electron chi connectivity index (χ3n) is 26.0. The van der Waals surface area contributed by atoms with Crippen LogP contribution in [-0.4, -0.2) is 55.7 Å². The van der Waals surface area contributed by atoms with Gasteiger partial charge in [0.25, 0.3) is 0 Å². The Labute approximate surface area is 917 Å². The van der Waals surface area contributed by atoms with Crippen molar-refractivity contribution in [2.24, 2.45) is 0 Å². The molecule has 7 aromatic heterocycles. The maximum absolute atomic E-state index is 11.1. The number of nitrogens with zero attached hydrogens (tertiary/aromatic N) is 10. The van der Waals surface area contributed by atoms with Gasteiger partial charge in [-0.15, -0.1) is 71.3 Å². The van der Waals surface area contributed by atoms with Gasteiger partial charge in [0.05, 0.1) is 17.1 Å². The number of phenols is 3. The smallest absolute Gasteiger partial charge is 0.136 e. The zero-order valence-electron chi connectivity index (χ0n) is 90.0. The van der Waals surface area contributed by atoms with Crippen molar-refractivity contribution in [1.82, 2.24) is 34.9 Å². The molecule has 0 atom stereocenters. The Morgan fingerprint density at radius 3 is 0.816 bits per heavy atom. The molecule has 764 valence electrons. The molecule has 0 fully saturated rings. The molecule has 0 aliphatic heterocycles. The molecule has 0 unspecified atom stereocenters. The van der Waals surface area contributed by atoms with Gasteiger partial charge in [-0.05, 0) is 298 Å². The number of para-hydroxylation sites is 4. The van der Waals surface area contributed by atoms with Crippen molar-refractivity contribution in [3.63, 3.8) is 0 Å². The number of hydrogen-bond donors (Lipinski definition) is 3. The molecule has 3 N–H and O–H groups in total. The van der Waals surface area contributed by atoms with Gasteiger partial charge in [-0.3, -0.25) is 15.0 Å². The largest absolute Gasteiger partial charge is 0.507 e. The first-order chi connectivity index (χ1) is 67.8. The standard InChI is InChI=1S/C50H56N3O.C41H39N4O.C40H44N3O.3Pt/c1-47(2,3)36-24-34(25-37(29-36)48(4,5)6)35-27-43(52-44(28-35)42-20-13-14-21-45(42)54)33-18-17-19-40(26-33)53(46-22-15-16-23-51-46)41-31-38(49(7,8)9)30-39(32-41)50(10,11)12;1-40(2,3)31-20-28(21-32(25-31)41(4,5)6)29-23-36(44-37(24-29)35-16-10-11-17-38(35)46)30-22-34(27-42-26-30)45(33-14-8-7-9-15-33)39-18-12-13-19-43-39;1-38(2,3)30-21-28(22-31(26-30)39(4,5)6)29-24-34(42-35(25-29)33-17-10-11-18-36(33)44)27-15-14-16-32(23-27)43(40(7,8)9)37-19-12-13-20-41-37;;;/h13-25,27-32,54H,1-12H3;7-21,23-27,46H,1-6H3;10-22,24-26,44H,1-9H3;;;/q3*-1;;;. The van der Waals surface area contributed by atoms with Crippen LogP contribution in [0.5, 0.6) is 17.2 Å². The molecule has 17 rings (SSSR count). The van der Waals surface area contributed by atoms with E-state index in [1.54, 1.807) is 36.8 Å². The maximum Gasteiger partial charge on any atom is 0.136 e. The van der Waals surface area contributed by atoms with Crippen LogP contribution in [0.4, 0.5) is 45.9 Å². The molecule has 0 aliphatic rings. The average molecular weight is 2490 g/mol. The molecule has 0 saturated carbocycles. The summed E-state index contributed by atoms with van der Waals surface area (Å²) in [6, 6.07) is 114. The summed E-state index contributed by atoms with van der Waals surface area (Å²) >= 11 is 0.